The van der Waals surface area contributed by atoms with E-state index in [2.05, 4.69) is 18.0 Å². The van der Waals surface area contributed by atoms with Gasteiger partial charge in [0, 0.05) is 24.6 Å². The van der Waals surface area contributed by atoms with Crippen molar-refractivity contribution in [2.75, 3.05) is 26.8 Å². The van der Waals surface area contributed by atoms with Gasteiger partial charge in [-0.15, -0.1) is 11.3 Å². The van der Waals surface area contributed by atoms with Crippen LogP contribution in [0.15, 0.2) is 12.1 Å². The van der Waals surface area contributed by atoms with Crippen molar-refractivity contribution in [3.8, 4) is 0 Å². The molecule has 1 aliphatic rings. The summed E-state index contributed by atoms with van der Waals surface area (Å²) in [4.78, 5) is 3.51. The molecule has 1 unspecified atom stereocenters. The quantitative estimate of drug-likeness (QED) is 0.899. The third-order valence-corrected chi connectivity index (χ3v) is 3.99. The number of thiophene rings is 1. The summed E-state index contributed by atoms with van der Waals surface area (Å²) in [6.07, 6.45) is 0.947. The predicted molar refractivity (Wildman–Crippen MR) is 68.0 cm³/mol. The van der Waals surface area contributed by atoms with Gasteiger partial charge >= 0.3 is 0 Å². The van der Waals surface area contributed by atoms with Crippen LogP contribution in [-0.2, 0) is 11.3 Å². The zero-order valence-corrected chi connectivity index (χ0v) is 11.0. The van der Waals surface area contributed by atoms with Crippen LogP contribution in [0.5, 0.6) is 0 Å². The van der Waals surface area contributed by atoms with E-state index in [1.807, 2.05) is 6.07 Å². The smallest absolute Gasteiger partial charge is 0.0931 e. The van der Waals surface area contributed by atoms with Gasteiger partial charge in [0.15, 0.2) is 0 Å². The SMILES string of the molecule is CN(Cc1ccc(Cl)s1)CC1(N)CCOC1. The minimum atomic E-state index is -0.171. The standard InChI is InChI=1S/C11H17ClN2OS/c1-14(6-9-2-3-10(12)16-9)7-11(13)4-5-15-8-11/h2-3H,4-8,13H2,1H3. The van der Waals surface area contributed by atoms with Gasteiger partial charge in [0.25, 0.3) is 0 Å². The lowest BCUT2D eigenvalue weighted by molar-refractivity contribution is 0.160. The fraction of sp³-hybridized carbons (Fsp3) is 0.636. The molecule has 0 saturated carbocycles. The molecule has 16 heavy (non-hydrogen) atoms. The molecule has 0 aromatic carbocycles. The van der Waals surface area contributed by atoms with Crippen molar-refractivity contribution >= 4 is 22.9 Å². The van der Waals surface area contributed by atoms with E-state index in [0.717, 1.165) is 30.5 Å². The van der Waals surface area contributed by atoms with Crippen LogP contribution < -0.4 is 5.73 Å². The highest BCUT2D eigenvalue weighted by Gasteiger charge is 2.31. The predicted octanol–water partition coefficient (Wildman–Crippen LogP) is 1.95. The average Bonchev–Trinajstić information content (AvgIpc) is 2.75. The molecule has 2 rings (SSSR count). The summed E-state index contributed by atoms with van der Waals surface area (Å²) in [6.45, 7) is 3.22. The van der Waals surface area contributed by atoms with Crippen LogP contribution in [0.3, 0.4) is 0 Å². The number of halogens is 1. The second-order valence-corrected chi connectivity index (χ2v) is 6.34. The van der Waals surface area contributed by atoms with Gasteiger partial charge in [-0.05, 0) is 25.6 Å². The highest BCUT2D eigenvalue weighted by atomic mass is 35.5. The Morgan fingerprint density at radius 3 is 3.00 bits per heavy atom. The summed E-state index contributed by atoms with van der Waals surface area (Å²) >= 11 is 7.52. The van der Waals surface area contributed by atoms with Crippen LogP contribution >= 0.6 is 22.9 Å². The Hall–Kier alpha value is -0.130. The first-order valence-electron chi connectivity index (χ1n) is 5.37. The second kappa shape index (κ2) is 5.02. The molecule has 1 aliphatic heterocycles. The maximum absolute atomic E-state index is 6.23. The van der Waals surface area contributed by atoms with Gasteiger partial charge in [-0.25, -0.2) is 0 Å². The van der Waals surface area contributed by atoms with Crippen molar-refractivity contribution in [3.63, 3.8) is 0 Å². The van der Waals surface area contributed by atoms with E-state index in [-0.39, 0.29) is 5.54 Å². The van der Waals surface area contributed by atoms with Gasteiger partial charge in [0.05, 0.1) is 16.5 Å². The number of rotatable bonds is 4. The molecule has 1 atom stereocenters. The van der Waals surface area contributed by atoms with Crippen molar-refractivity contribution < 1.29 is 4.74 Å². The van der Waals surface area contributed by atoms with Crippen LogP contribution in [-0.4, -0.2) is 37.2 Å². The summed E-state index contributed by atoms with van der Waals surface area (Å²) < 4.78 is 6.19. The van der Waals surface area contributed by atoms with Crippen molar-refractivity contribution in [3.05, 3.63) is 21.3 Å². The van der Waals surface area contributed by atoms with Crippen molar-refractivity contribution in [1.82, 2.24) is 4.90 Å². The molecule has 0 radical (unpaired) electrons. The van der Waals surface area contributed by atoms with Crippen LogP contribution in [0.4, 0.5) is 0 Å². The average molecular weight is 261 g/mol. The van der Waals surface area contributed by atoms with Gasteiger partial charge in [0.2, 0.25) is 0 Å². The summed E-state index contributed by atoms with van der Waals surface area (Å²) in [7, 11) is 2.08. The molecule has 1 fully saturated rings. The number of hydrogen-bond acceptors (Lipinski definition) is 4. The van der Waals surface area contributed by atoms with Gasteiger partial charge in [-0.2, -0.15) is 0 Å². The molecule has 3 nitrogen and oxygen atoms in total. The summed E-state index contributed by atoms with van der Waals surface area (Å²) in [5.41, 5.74) is 6.06. The molecule has 0 bridgehead atoms. The first-order chi connectivity index (χ1) is 7.57. The molecule has 1 saturated heterocycles. The molecule has 1 aromatic heterocycles. The first-order valence-corrected chi connectivity index (χ1v) is 6.56. The Bertz CT molecular complexity index is 350. The van der Waals surface area contributed by atoms with Gasteiger partial charge in [0.1, 0.15) is 0 Å². The minimum Gasteiger partial charge on any atom is -0.379 e. The number of ether oxygens (including phenoxy) is 1. The zero-order chi connectivity index (χ0) is 11.6. The topological polar surface area (TPSA) is 38.5 Å². The van der Waals surface area contributed by atoms with E-state index in [0.29, 0.717) is 6.61 Å². The van der Waals surface area contributed by atoms with Crippen molar-refractivity contribution in [2.45, 2.75) is 18.5 Å². The summed E-state index contributed by atoms with van der Waals surface area (Å²) in [5.74, 6) is 0. The lowest BCUT2D eigenvalue weighted by atomic mass is 10.00. The van der Waals surface area contributed by atoms with Gasteiger partial charge in [-0.3, -0.25) is 4.90 Å². The van der Waals surface area contributed by atoms with Crippen molar-refractivity contribution in [1.29, 1.82) is 0 Å². The van der Waals surface area contributed by atoms with Crippen LogP contribution in [0, 0.1) is 0 Å². The maximum atomic E-state index is 6.23. The number of likely N-dealkylation sites (N-methyl/N-ethyl adjacent to an activating group) is 1. The van der Waals surface area contributed by atoms with E-state index in [4.69, 9.17) is 22.1 Å². The van der Waals surface area contributed by atoms with Crippen molar-refractivity contribution in [2.24, 2.45) is 5.73 Å². The molecule has 1 aromatic rings. The molecule has 0 amide bonds. The second-order valence-electron chi connectivity index (χ2n) is 4.54. The monoisotopic (exact) mass is 260 g/mol. The molecule has 2 heterocycles. The maximum Gasteiger partial charge on any atom is 0.0931 e. The third kappa shape index (κ3) is 3.18. The Balaban J connectivity index is 1.86. The van der Waals surface area contributed by atoms with E-state index < -0.39 is 0 Å². The number of hydrogen-bond donors (Lipinski definition) is 1. The number of nitrogens with two attached hydrogens (primary N) is 1. The molecule has 2 N–H and O–H groups in total. The third-order valence-electron chi connectivity index (χ3n) is 2.77. The highest BCUT2D eigenvalue weighted by Crippen LogP contribution is 2.23. The normalized spacial score (nSPS) is 25.5. The summed E-state index contributed by atoms with van der Waals surface area (Å²) in [5, 5.41) is 0. The fourth-order valence-electron chi connectivity index (χ4n) is 2.04. The molecule has 90 valence electrons. The van der Waals surface area contributed by atoms with Crippen LogP contribution in [0.1, 0.15) is 11.3 Å². The number of nitrogens with zero attached hydrogens (tertiary/aromatic N) is 1. The van der Waals surface area contributed by atoms with Gasteiger partial charge < -0.3 is 10.5 Å². The van der Waals surface area contributed by atoms with Crippen LogP contribution in [0.2, 0.25) is 4.34 Å². The fourth-order valence-corrected chi connectivity index (χ4v) is 3.21. The van der Waals surface area contributed by atoms with E-state index >= 15 is 0 Å². The van der Waals surface area contributed by atoms with E-state index in [1.54, 1.807) is 11.3 Å². The summed E-state index contributed by atoms with van der Waals surface area (Å²) in [6, 6.07) is 4.00. The largest absolute Gasteiger partial charge is 0.379 e. The molecule has 0 spiro atoms. The van der Waals surface area contributed by atoms with E-state index in [1.165, 1.54) is 4.88 Å². The zero-order valence-electron chi connectivity index (χ0n) is 9.41. The lowest BCUT2D eigenvalue weighted by Crippen LogP contribution is -2.49. The highest BCUT2D eigenvalue weighted by molar-refractivity contribution is 7.16. The Kier molecular flexibility index (Phi) is 3.87. The molecule has 5 heteroatoms. The van der Waals surface area contributed by atoms with Gasteiger partial charge in [-0.1, -0.05) is 11.6 Å². The lowest BCUT2D eigenvalue weighted by Gasteiger charge is -2.28. The van der Waals surface area contributed by atoms with Crippen LogP contribution in [0.25, 0.3) is 0 Å². The Morgan fingerprint density at radius 2 is 2.44 bits per heavy atom. The molecular formula is C11H17ClN2OS. The molecule has 0 aliphatic carbocycles. The van der Waals surface area contributed by atoms with E-state index in [9.17, 15) is 0 Å². The minimum absolute atomic E-state index is 0.171. The Morgan fingerprint density at radius 1 is 1.62 bits per heavy atom. The first kappa shape index (κ1) is 12.3. The Labute approximate surface area is 105 Å². The molecular weight excluding hydrogens is 244 g/mol.